The predicted octanol–water partition coefficient (Wildman–Crippen LogP) is 2.70. The van der Waals surface area contributed by atoms with E-state index in [0.717, 1.165) is 21.9 Å². The van der Waals surface area contributed by atoms with E-state index in [4.69, 9.17) is 0 Å². The summed E-state index contributed by atoms with van der Waals surface area (Å²) in [6.07, 6.45) is 3.50. The van der Waals surface area contributed by atoms with Gasteiger partial charge in [-0.1, -0.05) is 48.5 Å². The number of benzene rings is 2. The third-order valence-corrected chi connectivity index (χ3v) is 5.33. The Morgan fingerprint density at radius 1 is 1.04 bits per heavy atom. The Hall–Kier alpha value is -2.28. The van der Waals surface area contributed by atoms with Crippen molar-refractivity contribution in [2.24, 2.45) is 0 Å². The lowest BCUT2D eigenvalue weighted by Gasteiger charge is -2.19. The molecule has 1 N–H and O–H groups in total. The van der Waals surface area contributed by atoms with Gasteiger partial charge in [-0.15, -0.1) is 0 Å². The summed E-state index contributed by atoms with van der Waals surface area (Å²) >= 11 is 0. The molecule has 3 rings (SSSR count). The summed E-state index contributed by atoms with van der Waals surface area (Å²) in [6, 6.07) is 17.2. The molecule has 0 saturated carbocycles. The Kier molecular flexibility index (Phi) is 4.89. The van der Waals surface area contributed by atoms with Crippen molar-refractivity contribution < 1.29 is 8.42 Å². The molecule has 0 aliphatic rings. The summed E-state index contributed by atoms with van der Waals surface area (Å²) in [5.41, 5.74) is 1.87. The fraction of sp³-hybridized carbons (Fsp3) is 0.167. The van der Waals surface area contributed by atoms with Crippen LogP contribution in [0.5, 0.6) is 0 Å². The largest absolute Gasteiger partial charge is 0.279 e. The van der Waals surface area contributed by atoms with Crippen LogP contribution in [0.4, 0.5) is 0 Å². The standard InChI is InChI=1S/C18H19N3O2S/c1-21(24(22,23)20-12-15-6-3-2-4-7-15)14-17-9-5-8-16-13-19-11-10-18(16)17/h2-11,13,20H,12,14H2,1H3. The number of pyridine rings is 1. The normalized spacial score (nSPS) is 11.9. The quantitative estimate of drug-likeness (QED) is 0.750. The smallest absolute Gasteiger partial charge is 0.264 e. The SMILES string of the molecule is CN(Cc1cccc2cnccc12)S(=O)(=O)NCc1ccccc1. The predicted molar refractivity (Wildman–Crippen MR) is 95.4 cm³/mol. The van der Waals surface area contributed by atoms with E-state index >= 15 is 0 Å². The Bertz CT molecular complexity index is 922. The summed E-state index contributed by atoms with van der Waals surface area (Å²) in [5.74, 6) is 0. The maximum absolute atomic E-state index is 12.4. The number of nitrogens with zero attached hydrogens (tertiary/aromatic N) is 2. The van der Waals surface area contributed by atoms with Crippen molar-refractivity contribution in [1.82, 2.24) is 14.0 Å². The molecule has 0 spiro atoms. The molecule has 124 valence electrons. The minimum Gasteiger partial charge on any atom is -0.264 e. The zero-order valence-electron chi connectivity index (χ0n) is 13.4. The van der Waals surface area contributed by atoms with Gasteiger partial charge in [0.15, 0.2) is 0 Å². The minimum atomic E-state index is -3.56. The highest BCUT2D eigenvalue weighted by Crippen LogP contribution is 2.19. The summed E-state index contributed by atoms with van der Waals surface area (Å²) in [5, 5.41) is 2.01. The lowest BCUT2D eigenvalue weighted by molar-refractivity contribution is 0.456. The van der Waals surface area contributed by atoms with Crippen LogP contribution in [0.2, 0.25) is 0 Å². The third-order valence-electron chi connectivity index (χ3n) is 3.88. The Morgan fingerprint density at radius 3 is 2.62 bits per heavy atom. The van der Waals surface area contributed by atoms with E-state index in [-0.39, 0.29) is 6.54 Å². The Labute approximate surface area is 142 Å². The van der Waals surface area contributed by atoms with Crippen LogP contribution in [0.15, 0.2) is 67.0 Å². The highest BCUT2D eigenvalue weighted by Gasteiger charge is 2.18. The van der Waals surface area contributed by atoms with Crippen LogP contribution < -0.4 is 4.72 Å². The molecule has 1 aromatic heterocycles. The van der Waals surface area contributed by atoms with E-state index in [9.17, 15) is 8.42 Å². The maximum atomic E-state index is 12.4. The number of nitrogens with one attached hydrogen (secondary N) is 1. The van der Waals surface area contributed by atoms with Crippen LogP contribution in [0.1, 0.15) is 11.1 Å². The number of hydrogen-bond donors (Lipinski definition) is 1. The van der Waals surface area contributed by atoms with Gasteiger partial charge in [0.25, 0.3) is 10.2 Å². The van der Waals surface area contributed by atoms with Gasteiger partial charge in [0, 0.05) is 37.9 Å². The van der Waals surface area contributed by atoms with E-state index in [1.54, 1.807) is 19.4 Å². The second-order valence-corrected chi connectivity index (χ2v) is 7.44. The van der Waals surface area contributed by atoms with Gasteiger partial charge in [0.2, 0.25) is 0 Å². The zero-order chi connectivity index (χ0) is 17.0. The first kappa shape index (κ1) is 16.6. The van der Waals surface area contributed by atoms with Gasteiger partial charge in [-0.3, -0.25) is 4.98 Å². The van der Waals surface area contributed by atoms with Crippen molar-refractivity contribution >= 4 is 21.0 Å². The highest BCUT2D eigenvalue weighted by atomic mass is 32.2. The van der Waals surface area contributed by atoms with Crippen LogP contribution in [0, 0.1) is 0 Å². The molecule has 0 atom stereocenters. The van der Waals surface area contributed by atoms with Crippen molar-refractivity contribution in [3.63, 3.8) is 0 Å². The van der Waals surface area contributed by atoms with Gasteiger partial charge in [0.1, 0.15) is 0 Å². The average Bonchev–Trinajstić information content (AvgIpc) is 2.61. The van der Waals surface area contributed by atoms with Gasteiger partial charge in [0.05, 0.1) is 0 Å². The summed E-state index contributed by atoms with van der Waals surface area (Å²) in [7, 11) is -1.98. The molecule has 0 unspecified atom stereocenters. The average molecular weight is 341 g/mol. The number of fused-ring (bicyclic) bond motifs is 1. The molecule has 24 heavy (non-hydrogen) atoms. The monoisotopic (exact) mass is 341 g/mol. The van der Waals surface area contributed by atoms with Crippen molar-refractivity contribution in [1.29, 1.82) is 0 Å². The molecule has 2 aromatic carbocycles. The van der Waals surface area contributed by atoms with Crippen LogP contribution >= 0.6 is 0 Å². The molecule has 0 amide bonds. The topological polar surface area (TPSA) is 62.3 Å². The molecule has 0 aliphatic heterocycles. The first-order valence-corrected chi connectivity index (χ1v) is 9.07. The van der Waals surface area contributed by atoms with Crippen LogP contribution in [0.25, 0.3) is 10.8 Å². The molecule has 5 nitrogen and oxygen atoms in total. The van der Waals surface area contributed by atoms with Crippen molar-refractivity contribution in [3.05, 3.63) is 78.1 Å². The molecule has 0 aliphatic carbocycles. The van der Waals surface area contributed by atoms with E-state index in [1.165, 1.54) is 4.31 Å². The Morgan fingerprint density at radius 2 is 1.83 bits per heavy atom. The number of rotatable bonds is 6. The fourth-order valence-electron chi connectivity index (χ4n) is 2.53. The lowest BCUT2D eigenvalue weighted by atomic mass is 10.1. The summed E-state index contributed by atoms with van der Waals surface area (Å²) in [6.45, 7) is 0.568. The highest BCUT2D eigenvalue weighted by molar-refractivity contribution is 7.87. The lowest BCUT2D eigenvalue weighted by Crippen LogP contribution is -2.37. The van der Waals surface area contributed by atoms with E-state index in [0.29, 0.717) is 6.54 Å². The minimum absolute atomic E-state index is 0.271. The Balaban J connectivity index is 1.74. The number of aromatic nitrogens is 1. The van der Waals surface area contributed by atoms with Crippen LogP contribution in [0.3, 0.4) is 0 Å². The zero-order valence-corrected chi connectivity index (χ0v) is 14.2. The van der Waals surface area contributed by atoms with Gasteiger partial charge >= 0.3 is 0 Å². The fourth-order valence-corrected chi connectivity index (χ4v) is 3.41. The van der Waals surface area contributed by atoms with E-state index in [1.807, 2.05) is 54.6 Å². The van der Waals surface area contributed by atoms with E-state index in [2.05, 4.69) is 9.71 Å². The molecule has 6 heteroatoms. The molecule has 0 fully saturated rings. The first-order valence-electron chi connectivity index (χ1n) is 7.63. The number of hydrogen-bond acceptors (Lipinski definition) is 3. The molecule has 1 heterocycles. The van der Waals surface area contributed by atoms with Gasteiger partial charge in [-0.25, -0.2) is 0 Å². The van der Waals surface area contributed by atoms with Crippen molar-refractivity contribution in [2.45, 2.75) is 13.1 Å². The van der Waals surface area contributed by atoms with Crippen molar-refractivity contribution in [3.8, 4) is 0 Å². The van der Waals surface area contributed by atoms with Crippen LogP contribution in [-0.2, 0) is 23.3 Å². The van der Waals surface area contributed by atoms with Crippen molar-refractivity contribution in [2.75, 3.05) is 7.05 Å². The first-order chi connectivity index (χ1) is 11.6. The van der Waals surface area contributed by atoms with Crippen LogP contribution in [-0.4, -0.2) is 24.8 Å². The molecular weight excluding hydrogens is 322 g/mol. The molecule has 0 saturated heterocycles. The summed E-state index contributed by atoms with van der Waals surface area (Å²) < 4.78 is 28.8. The second-order valence-electron chi connectivity index (χ2n) is 5.58. The summed E-state index contributed by atoms with van der Waals surface area (Å²) in [4.78, 5) is 4.10. The van der Waals surface area contributed by atoms with Gasteiger partial charge < -0.3 is 0 Å². The maximum Gasteiger partial charge on any atom is 0.279 e. The second kappa shape index (κ2) is 7.09. The third kappa shape index (κ3) is 3.79. The van der Waals surface area contributed by atoms with E-state index < -0.39 is 10.2 Å². The molecular formula is C18H19N3O2S. The van der Waals surface area contributed by atoms with Gasteiger partial charge in [-0.2, -0.15) is 17.4 Å². The molecule has 0 bridgehead atoms. The van der Waals surface area contributed by atoms with Gasteiger partial charge in [-0.05, 0) is 22.6 Å². The molecule has 0 radical (unpaired) electrons. The molecule has 3 aromatic rings.